The number of nitrogens with one attached hydrogen (secondary N) is 1. The number of hydrogen-bond acceptors (Lipinski definition) is 6. The van der Waals surface area contributed by atoms with Gasteiger partial charge in [-0.05, 0) is 65.2 Å². The van der Waals surface area contributed by atoms with E-state index in [1.807, 2.05) is 0 Å². The predicted octanol–water partition coefficient (Wildman–Crippen LogP) is 4.07. The molecule has 0 aliphatic carbocycles. The van der Waals surface area contributed by atoms with Crippen molar-refractivity contribution in [1.82, 2.24) is 4.31 Å². The molecule has 0 unspecified atom stereocenters. The number of amides is 1. The van der Waals surface area contributed by atoms with Crippen LogP contribution >= 0.6 is 27.5 Å². The summed E-state index contributed by atoms with van der Waals surface area (Å²) in [4.78, 5) is 23.9. The molecule has 0 saturated carbocycles. The molecule has 0 bridgehead atoms. The fourth-order valence-electron chi connectivity index (χ4n) is 2.95. The molecule has 1 aliphatic rings. The van der Waals surface area contributed by atoms with Crippen molar-refractivity contribution < 1.29 is 27.2 Å². The molecular weight excluding hydrogens is 512 g/mol. The van der Waals surface area contributed by atoms with E-state index in [9.17, 15) is 18.0 Å². The zero-order valence-electron chi connectivity index (χ0n) is 16.3. The normalized spacial score (nSPS) is 15.2. The molecule has 0 atom stereocenters. The molecule has 1 aliphatic heterocycles. The zero-order chi connectivity index (χ0) is 22.4. The summed E-state index contributed by atoms with van der Waals surface area (Å²) in [7, 11) is -3.68. The van der Waals surface area contributed by atoms with Gasteiger partial charge in [-0.1, -0.05) is 18.0 Å². The Morgan fingerprint density at radius 1 is 1.19 bits per heavy atom. The average Bonchev–Trinajstić information content (AvgIpc) is 3.18. The van der Waals surface area contributed by atoms with E-state index in [0.29, 0.717) is 23.5 Å². The summed E-state index contributed by atoms with van der Waals surface area (Å²) in [6, 6.07) is 7.43. The zero-order valence-corrected chi connectivity index (χ0v) is 19.5. The van der Waals surface area contributed by atoms with E-state index in [0.717, 1.165) is 25.3 Å². The molecule has 8 nitrogen and oxygen atoms in total. The van der Waals surface area contributed by atoms with Crippen molar-refractivity contribution in [1.29, 1.82) is 0 Å². The second-order valence-corrected chi connectivity index (χ2v) is 9.86. The third kappa shape index (κ3) is 6.42. The lowest BCUT2D eigenvalue weighted by molar-refractivity contribution is -0.142. The number of rotatable bonds is 7. The molecule has 31 heavy (non-hydrogen) atoms. The van der Waals surface area contributed by atoms with E-state index in [2.05, 4.69) is 21.2 Å². The third-order valence-electron chi connectivity index (χ3n) is 4.49. The van der Waals surface area contributed by atoms with Crippen LogP contribution in [0.2, 0.25) is 5.02 Å². The van der Waals surface area contributed by atoms with Gasteiger partial charge in [-0.25, -0.2) is 13.2 Å². The number of carbonyl (C=O) groups excluding carboxylic acids is 2. The lowest BCUT2D eigenvalue weighted by Gasteiger charge is -2.26. The molecule has 1 fully saturated rings. The van der Waals surface area contributed by atoms with Crippen LogP contribution < -0.4 is 5.32 Å². The van der Waals surface area contributed by atoms with Gasteiger partial charge in [0.05, 0.1) is 15.6 Å². The molecule has 1 amide bonds. The second kappa shape index (κ2) is 10.4. The van der Waals surface area contributed by atoms with Crippen molar-refractivity contribution in [3.8, 4) is 0 Å². The summed E-state index contributed by atoms with van der Waals surface area (Å²) in [5, 5.41) is 2.65. The van der Waals surface area contributed by atoms with Gasteiger partial charge >= 0.3 is 5.97 Å². The first-order chi connectivity index (χ1) is 14.8. The Morgan fingerprint density at radius 2 is 1.94 bits per heavy atom. The molecular formula is C20H20BrClN2O6S. The Balaban J connectivity index is 1.60. The molecule has 1 N–H and O–H groups in total. The van der Waals surface area contributed by atoms with Crippen LogP contribution in [0.3, 0.4) is 0 Å². The maximum Gasteiger partial charge on any atom is 0.331 e. The van der Waals surface area contributed by atoms with Crippen LogP contribution in [0.4, 0.5) is 5.69 Å². The Morgan fingerprint density at radius 3 is 2.61 bits per heavy atom. The Kier molecular flexibility index (Phi) is 7.93. The summed E-state index contributed by atoms with van der Waals surface area (Å²) in [6.07, 6.45) is 5.15. The third-order valence-corrected chi connectivity index (χ3v) is 7.14. The van der Waals surface area contributed by atoms with E-state index in [1.165, 1.54) is 28.6 Å². The number of sulfonamides is 1. The number of carbonyl (C=O) groups is 2. The van der Waals surface area contributed by atoms with Crippen LogP contribution in [0.5, 0.6) is 0 Å². The van der Waals surface area contributed by atoms with Gasteiger partial charge in [0.25, 0.3) is 5.91 Å². The van der Waals surface area contributed by atoms with Gasteiger partial charge in [0.15, 0.2) is 11.3 Å². The van der Waals surface area contributed by atoms with Crippen LogP contribution in [0.25, 0.3) is 6.08 Å². The summed E-state index contributed by atoms with van der Waals surface area (Å²) in [5.74, 6) is -0.959. The number of halogens is 2. The van der Waals surface area contributed by atoms with E-state index < -0.39 is 28.5 Å². The predicted molar refractivity (Wildman–Crippen MR) is 119 cm³/mol. The number of furan rings is 1. The van der Waals surface area contributed by atoms with Gasteiger partial charge in [-0.3, -0.25) is 4.79 Å². The van der Waals surface area contributed by atoms with E-state index >= 15 is 0 Å². The minimum absolute atomic E-state index is 0.0404. The van der Waals surface area contributed by atoms with Crippen LogP contribution in [-0.4, -0.2) is 44.3 Å². The van der Waals surface area contributed by atoms with Crippen LogP contribution in [0.15, 0.2) is 50.4 Å². The Bertz CT molecular complexity index is 1090. The highest BCUT2D eigenvalue weighted by atomic mass is 79.9. The fourth-order valence-corrected chi connectivity index (χ4v) is 4.98. The molecule has 0 spiro atoms. The average molecular weight is 532 g/mol. The molecule has 0 radical (unpaired) electrons. The van der Waals surface area contributed by atoms with E-state index in [4.69, 9.17) is 20.8 Å². The molecule has 2 heterocycles. The van der Waals surface area contributed by atoms with Crippen molar-refractivity contribution in [3.05, 3.63) is 51.9 Å². The lowest BCUT2D eigenvalue weighted by atomic mass is 10.2. The van der Waals surface area contributed by atoms with E-state index in [-0.39, 0.29) is 15.6 Å². The minimum Gasteiger partial charge on any atom is -0.452 e. The smallest absolute Gasteiger partial charge is 0.331 e. The highest BCUT2D eigenvalue weighted by Crippen LogP contribution is 2.28. The first-order valence-corrected chi connectivity index (χ1v) is 12.1. The van der Waals surface area contributed by atoms with Crippen molar-refractivity contribution in [3.63, 3.8) is 0 Å². The summed E-state index contributed by atoms with van der Waals surface area (Å²) >= 11 is 9.25. The van der Waals surface area contributed by atoms with Gasteiger partial charge < -0.3 is 14.5 Å². The maximum atomic E-state index is 12.8. The Hall–Kier alpha value is -2.14. The molecule has 166 valence electrons. The Labute approximate surface area is 193 Å². The molecule has 11 heteroatoms. The number of piperidine rings is 1. The summed E-state index contributed by atoms with van der Waals surface area (Å²) < 4.78 is 37.7. The topological polar surface area (TPSA) is 106 Å². The number of hydrogen-bond donors (Lipinski definition) is 1. The van der Waals surface area contributed by atoms with Crippen molar-refractivity contribution in [2.45, 2.75) is 24.2 Å². The quantitative estimate of drug-likeness (QED) is 0.427. The number of ether oxygens (including phenoxy) is 1. The van der Waals surface area contributed by atoms with Crippen molar-refractivity contribution in [2.75, 3.05) is 25.0 Å². The van der Waals surface area contributed by atoms with Crippen LogP contribution in [0.1, 0.15) is 25.0 Å². The van der Waals surface area contributed by atoms with Crippen molar-refractivity contribution >= 4 is 61.2 Å². The van der Waals surface area contributed by atoms with Gasteiger partial charge in [0.1, 0.15) is 5.76 Å². The lowest BCUT2D eigenvalue weighted by Crippen LogP contribution is -2.35. The largest absolute Gasteiger partial charge is 0.452 e. The summed E-state index contributed by atoms with van der Waals surface area (Å²) in [5.41, 5.74) is 0.122. The van der Waals surface area contributed by atoms with Crippen LogP contribution in [0, 0.1) is 0 Å². The van der Waals surface area contributed by atoms with Gasteiger partial charge in [-0.15, -0.1) is 0 Å². The molecule has 2 aromatic rings. The molecule has 1 aromatic heterocycles. The summed E-state index contributed by atoms with van der Waals surface area (Å²) in [6.45, 7) is 0.362. The van der Waals surface area contributed by atoms with Gasteiger partial charge in [0.2, 0.25) is 10.0 Å². The van der Waals surface area contributed by atoms with Crippen LogP contribution in [-0.2, 0) is 24.3 Å². The number of benzene rings is 1. The molecule has 1 saturated heterocycles. The second-order valence-electron chi connectivity index (χ2n) is 6.74. The van der Waals surface area contributed by atoms with Gasteiger partial charge in [0, 0.05) is 19.2 Å². The highest BCUT2D eigenvalue weighted by molar-refractivity contribution is 9.10. The van der Waals surface area contributed by atoms with Gasteiger partial charge in [-0.2, -0.15) is 4.31 Å². The standard InChI is InChI=1S/C20H20BrClN2O6S/c21-18-8-4-14(30-18)5-9-20(26)29-13-19(25)23-17-12-15(6-7-16(17)22)31(27,28)24-10-2-1-3-11-24/h4-9,12H,1-3,10-11,13H2,(H,23,25). The number of anilines is 1. The molecule has 3 rings (SSSR count). The SMILES string of the molecule is O=C(COC(=O)C=Cc1ccc(Br)o1)Nc1cc(S(=O)(=O)N2CCCCC2)ccc1Cl. The fraction of sp³-hybridized carbons (Fsp3) is 0.300. The maximum absolute atomic E-state index is 12.8. The first-order valence-electron chi connectivity index (χ1n) is 9.45. The first kappa shape index (κ1) is 23.5. The van der Waals surface area contributed by atoms with Crippen molar-refractivity contribution in [2.24, 2.45) is 0 Å². The monoisotopic (exact) mass is 530 g/mol. The highest BCUT2D eigenvalue weighted by Gasteiger charge is 2.26. The number of esters is 1. The molecule has 1 aromatic carbocycles. The minimum atomic E-state index is -3.68. The number of nitrogens with zero attached hydrogens (tertiary/aromatic N) is 1. The van der Waals surface area contributed by atoms with E-state index in [1.54, 1.807) is 12.1 Å².